The second-order valence-corrected chi connectivity index (χ2v) is 5.90. The first-order chi connectivity index (χ1) is 10.2. The van der Waals surface area contributed by atoms with Crippen LogP contribution in [-0.2, 0) is 6.54 Å². The molecule has 0 radical (unpaired) electrons. The third-order valence-corrected chi connectivity index (χ3v) is 4.03. The molecule has 0 atom stereocenters. The summed E-state index contributed by atoms with van der Waals surface area (Å²) >= 11 is 6.01. The number of nitrogen functional groups attached to an aromatic ring is 1. The van der Waals surface area contributed by atoms with Gasteiger partial charge in [0.1, 0.15) is 0 Å². The van der Waals surface area contributed by atoms with Gasteiger partial charge in [0, 0.05) is 18.1 Å². The SMILES string of the molecule is Nc1nc(N2CCCCCC2)nn1Cc1cccc(Cl)c1. The molecule has 112 valence electrons. The Bertz CT molecular complexity index is 602. The van der Waals surface area contributed by atoms with Crippen molar-refractivity contribution >= 4 is 23.5 Å². The molecule has 1 saturated heterocycles. The zero-order valence-electron chi connectivity index (χ0n) is 12.0. The summed E-state index contributed by atoms with van der Waals surface area (Å²) < 4.78 is 1.74. The Hall–Kier alpha value is -1.75. The zero-order chi connectivity index (χ0) is 14.7. The molecule has 2 heterocycles. The molecule has 0 amide bonds. The van der Waals surface area contributed by atoms with Crippen LogP contribution < -0.4 is 10.6 Å². The first kappa shape index (κ1) is 14.2. The summed E-state index contributed by atoms with van der Waals surface area (Å²) in [5, 5.41) is 5.28. The van der Waals surface area contributed by atoms with Crippen molar-refractivity contribution in [3.05, 3.63) is 34.9 Å². The third kappa shape index (κ3) is 3.47. The van der Waals surface area contributed by atoms with E-state index < -0.39 is 0 Å². The molecular weight excluding hydrogens is 286 g/mol. The van der Waals surface area contributed by atoms with Gasteiger partial charge in [-0.2, -0.15) is 4.98 Å². The van der Waals surface area contributed by atoms with Crippen LogP contribution in [-0.4, -0.2) is 27.9 Å². The van der Waals surface area contributed by atoms with Crippen LogP contribution in [0.15, 0.2) is 24.3 Å². The minimum Gasteiger partial charge on any atom is -0.368 e. The van der Waals surface area contributed by atoms with E-state index in [1.54, 1.807) is 4.68 Å². The van der Waals surface area contributed by atoms with Gasteiger partial charge in [-0.1, -0.05) is 36.6 Å². The van der Waals surface area contributed by atoms with Gasteiger partial charge in [0.2, 0.25) is 11.9 Å². The van der Waals surface area contributed by atoms with Crippen molar-refractivity contribution in [1.82, 2.24) is 14.8 Å². The summed E-state index contributed by atoms with van der Waals surface area (Å²) in [5.41, 5.74) is 7.07. The minimum absolute atomic E-state index is 0.453. The normalized spacial score (nSPS) is 16.0. The zero-order valence-corrected chi connectivity index (χ0v) is 12.8. The lowest BCUT2D eigenvalue weighted by atomic mass is 10.2. The highest BCUT2D eigenvalue weighted by molar-refractivity contribution is 6.30. The second kappa shape index (κ2) is 6.35. The van der Waals surface area contributed by atoms with E-state index >= 15 is 0 Å². The highest BCUT2D eigenvalue weighted by Gasteiger charge is 2.16. The number of hydrogen-bond acceptors (Lipinski definition) is 4. The van der Waals surface area contributed by atoms with Crippen molar-refractivity contribution in [1.29, 1.82) is 0 Å². The van der Waals surface area contributed by atoms with E-state index in [1.165, 1.54) is 25.7 Å². The largest absolute Gasteiger partial charge is 0.368 e. The smallest absolute Gasteiger partial charge is 0.246 e. The van der Waals surface area contributed by atoms with Crippen LogP contribution in [0, 0.1) is 0 Å². The van der Waals surface area contributed by atoms with Crippen molar-refractivity contribution < 1.29 is 0 Å². The van der Waals surface area contributed by atoms with Crippen LogP contribution in [0.5, 0.6) is 0 Å². The van der Waals surface area contributed by atoms with Crippen molar-refractivity contribution in [2.45, 2.75) is 32.2 Å². The summed E-state index contributed by atoms with van der Waals surface area (Å²) in [5.74, 6) is 1.20. The number of rotatable bonds is 3. The van der Waals surface area contributed by atoms with Gasteiger partial charge in [-0.3, -0.25) is 0 Å². The molecule has 1 aromatic heterocycles. The second-order valence-electron chi connectivity index (χ2n) is 5.46. The molecule has 1 aromatic carbocycles. The topological polar surface area (TPSA) is 60.0 Å². The minimum atomic E-state index is 0.453. The summed E-state index contributed by atoms with van der Waals surface area (Å²) in [4.78, 5) is 6.65. The number of nitrogens with two attached hydrogens (primary N) is 1. The Morgan fingerprint density at radius 3 is 2.62 bits per heavy atom. The van der Waals surface area contributed by atoms with E-state index in [0.29, 0.717) is 12.5 Å². The van der Waals surface area contributed by atoms with Crippen molar-refractivity contribution in [3.63, 3.8) is 0 Å². The average molecular weight is 306 g/mol. The molecule has 0 spiro atoms. The summed E-state index contributed by atoms with van der Waals surface area (Å²) in [6.07, 6.45) is 4.97. The van der Waals surface area contributed by atoms with Crippen LogP contribution in [0.4, 0.5) is 11.9 Å². The van der Waals surface area contributed by atoms with Gasteiger partial charge in [0.25, 0.3) is 0 Å². The van der Waals surface area contributed by atoms with E-state index in [2.05, 4.69) is 15.0 Å². The maximum absolute atomic E-state index is 6.01. The number of benzene rings is 1. The number of nitrogens with zero attached hydrogens (tertiary/aromatic N) is 4. The van der Waals surface area contributed by atoms with Gasteiger partial charge in [-0.05, 0) is 30.5 Å². The fourth-order valence-electron chi connectivity index (χ4n) is 2.67. The molecule has 0 aliphatic carbocycles. The molecule has 1 aliphatic rings. The van der Waals surface area contributed by atoms with Gasteiger partial charge in [-0.15, -0.1) is 5.10 Å². The van der Waals surface area contributed by atoms with Gasteiger partial charge >= 0.3 is 0 Å². The fourth-order valence-corrected chi connectivity index (χ4v) is 2.88. The number of hydrogen-bond donors (Lipinski definition) is 1. The molecule has 0 unspecified atom stereocenters. The monoisotopic (exact) mass is 305 g/mol. The lowest BCUT2D eigenvalue weighted by Crippen LogP contribution is -2.25. The summed E-state index contributed by atoms with van der Waals surface area (Å²) in [6, 6.07) is 7.73. The quantitative estimate of drug-likeness (QED) is 0.947. The van der Waals surface area contributed by atoms with E-state index in [0.717, 1.165) is 29.6 Å². The molecule has 6 heteroatoms. The van der Waals surface area contributed by atoms with Gasteiger partial charge in [0.15, 0.2) is 0 Å². The molecule has 0 bridgehead atoms. The van der Waals surface area contributed by atoms with E-state index in [1.807, 2.05) is 24.3 Å². The van der Waals surface area contributed by atoms with Gasteiger partial charge < -0.3 is 10.6 Å². The first-order valence-electron chi connectivity index (χ1n) is 7.42. The molecule has 5 nitrogen and oxygen atoms in total. The summed E-state index contributed by atoms with van der Waals surface area (Å²) in [6.45, 7) is 2.62. The average Bonchev–Trinajstić information content (AvgIpc) is 2.68. The number of halogens is 1. The first-order valence-corrected chi connectivity index (χ1v) is 7.80. The van der Waals surface area contributed by atoms with E-state index in [9.17, 15) is 0 Å². The van der Waals surface area contributed by atoms with Crippen LogP contribution >= 0.6 is 11.6 Å². The lowest BCUT2D eigenvalue weighted by molar-refractivity contribution is 0.680. The van der Waals surface area contributed by atoms with Crippen molar-refractivity contribution in [3.8, 4) is 0 Å². The van der Waals surface area contributed by atoms with Crippen molar-refractivity contribution in [2.75, 3.05) is 23.7 Å². The molecule has 1 aliphatic heterocycles. The molecule has 0 saturated carbocycles. The number of aromatic nitrogens is 3. The highest BCUT2D eigenvalue weighted by atomic mass is 35.5. The Labute approximate surface area is 129 Å². The molecule has 2 aromatic rings. The Morgan fingerprint density at radius 2 is 1.90 bits per heavy atom. The van der Waals surface area contributed by atoms with Crippen LogP contribution in [0.2, 0.25) is 5.02 Å². The Morgan fingerprint density at radius 1 is 1.14 bits per heavy atom. The van der Waals surface area contributed by atoms with E-state index in [-0.39, 0.29) is 0 Å². The molecule has 3 rings (SSSR count). The highest BCUT2D eigenvalue weighted by Crippen LogP contribution is 2.18. The van der Waals surface area contributed by atoms with Crippen LogP contribution in [0.3, 0.4) is 0 Å². The van der Waals surface area contributed by atoms with Gasteiger partial charge in [0.05, 0.1) is 6.54 Å². The lowest BCUT2D eigenvalue weighted by Gasteiger charge is -2.17. The number of anilines is 2. The molecular formula is C15H20ClN5. The van der Waals surface area contributed by atoms with Crippen molar-refractivity contribution in [2.24, 2.45) is 0 Å². The van der Waals surface area contributed by atoms with E-state index in [4.69, 9.17) is 17.3 Å². The standard InChI is InChI=1S/C15H20ClN5/c16-13-7-5-6-12(10-13)11-21-14(17)18-15(19-21)20-8-3-1-2-4-9-20/h5-7,10H,1-4,8-9,11H2,(H2,17,18,19). The Kier molecular flexibility index (Phi) is 4.29. The van der Waals surface area contributed by atoms with Crippen LogP contribution in [0.1, 0.15) is 31.2 Å². The predicted octanol–water partition coefficient (Wildman–Crippen LogP) is 2.94. The van der Waals surface area contributed by atoms with Crippen LogP contribution in [0.25, 0.3) is 0 Å². The Balaban J connectivity index is 1.77. The maximum atomic E-state index is 6.01. The maximum Gasteiger partial charge on any atom is 0.246 e. The summed E-state index contributed by atoms with van der Waals surface area (Å²) in [7, 11) is 0. The van der Waals surface area contributed by atoms with Gasteiger partial charge in [-0.25, -0.2) is 4.68 Å². The molecule has 21 heavy (non-hydrogen) atoms. The molecule has 2 N–H and O–H groups in total. The fraction of sp³-hybridized carbons (Fsp3) is 0.467. The predicted molar refractivity (Wildman–Crippen MR) is 85.7 cm³/mol. The molecule has 1 fully saturated rings. The third-order valence-electron chi connectivity index (χ3n) is 3.80.